The molecule has 0 aliphatic carbocycles. The van der Waals surface area contributed by atoms with E-state index in [4.69, 9.17) is 12.3 Å². The van der Waals surface area contributed by atoms with Gasteiger partial charge < -0.3 is 12.3 Å². The maximum Gasteiger partial charge on any atom is 0.469 e. The number of hydrogen-bond acceptors (Lipinski definition) is 3. The highest BCUT2D eigenvalue weighted by Gasteiger charge is 2.49. The standard InChI is InChI=1S/C21H50O3Si4/c1-11-12-13-14-15-16-17-18-19-20-21-28(22-25(2,3)4,23-26(5,6)7)24-27(8,9)10/h11H,1,12-21H2,2-10H3. The molecule has 0 amide bonds. The largest absolute Gasteiger partial charge is 0.469 e. The number of unbranched alkanes of at least 4 members (excludes halogenated alkanes) is 8. The minimum Gasteiger partial charge on any atom is -0.417 e. The second kappa shape index (κ2) is 13.0. The molecule has 0 aliphatic heterocycles. The van der Waals surface area contributed by atoms with Crippen LogP contribution in [0.15, 0.2) is 12.7 Å². The molecule has 0 spiro atoms. The second-order valence-corrected chi connectivity index (χ2v) is 28.0. The fraction of sp³-hybridized carbons (Fsp3) is 0.905. The van der Waals surface area contributed by atoms with E-state index in [-0.39, 0.29) is 0 Å². The molecule has 0 rings (SSSR count). The van der Waals surface area contributed by atoms with E-state index < -0.39 is 33.8 Å². The van der Waals surface area contributed by atoms with Gasteiger partial charge in [-0.05, 0) is 78.2 Å². The Labute approximate surface area is 181 Å². The van der Waals surface area contributed by atoms with Crippen LogP contribution >= 0.6 is 0 Å². The molecule has 7 heteroatoms. The van der Waals surface area contributed by atoms with Gasteiger partial charge in [-0.1, -0.05) is 44.6 Å². The van der Waals surface area contributed by atoms with E-state index in [2.05, 4.69) is 65.5 Å². The Morgan fingerprint density at radius 1 is 0.536 bits per heavy atom. The molecule has 0 aliphatic rings. The summed E-state index contributed by atoms with van der Waals surface area (Å²) in [5.74, 6) is 0. The first-order chi connectivity index (χ1) is 12.7. The SMILES string of the molecule is C=CCCCCCCCCCC[Si](O[Si](C)(C)C)(O[Si](C)(C)C)O[Si](C)(C)C. The van der Waals surface area contributed by atoms with E-state index in [1.807, 2.05) is 6.08 Å². The molecule has 0 aromatic rings. The van der Waals surface area contributed by atoms with E-state index in [1.54, 1.807) is 0 Å². The van der Waals surface area contributed by atoms with Crippen molar-refractivity contribution in [2.24, 2.45) is 0 Å². The maximum atomic E-state index is 6.75. The molecule has 0 N–H and O–H groups in total. The van der Waals surface area contributed by atoms with E-state index >= 15 is 0 Å². The molecule has 0 fully saturated rings. The van der Waals surface area contributed by atoms with Crippen LogP contribution in [0, 0.1) is 0 Å². The van der Waals surface area contributed by atoms with Gasteiger partial charge in [0.25, 0.3) is 0 Å². The summed E-state index contributed by atoms with van der Waals surface area (Å²) in [6.45, 7) is 24.2. The van der Waals surface area contributed by atoms with Crippen LogP contribution in [0.25, 0.3) is 0 Å². The molecular weight excluding hydrogens is 413 g/mol. The summed E-state index contributed by atoms with van der Waals surface area (Å²) in [5, 5.41) is 0. The molecule has 3 nitrogen and oxygen atoms in total. The lowest BCUT2D eigenvalue weighted by Crippen LogP contribution is -2.60. The maximum absolute atomic E-state index is 6.75. The molecule has 0 saturated carbocycles. The fourth-order valence-corrected chi connectivity index (χ4v) is 18.0. The van der Waals surface area contributed by atoms with Gasteiger partial charge in [0.2, 0.25) is 0 Å². The third-order valence-corrected chi connectivity index (χ3v) is 16.1. The van der Waals surface area contributed by atoms with Gasteiger partial charge in [-0.2, -0.15) is 0 Å². The van der Waals surface area contributed by atoms with E-state index in [0.717, 1.165) is 12.5 Å². The van der Waals surface area contributed by atoms with Crippen molar-refractivity contribution in [3.63, 3.8) is 0 Å². The summed E-state index contributed by atoms with van der Waals surface area (Å²) in [5.41, 5.74) is 0. The third-order valence-electron chi connectivity index (χ3n) is 4.03. The zero-order valence-electron chi connectivity index (χ0n) is 20.6. The molecule has 0 aromatic heterocycles. The summed E-state index contributed by atoms with van der Waals surface area (Å²) < 4.78 is 20.3. The van der Waals surface area contributed by atoms with Crippen molar-refractivity contribution < 1.29 is 12.3 Å². The molecular formula is C21H50O3Si4. The Balaban J connectivity index is 4.68. The summed E-state index contributed by atoms with van der Waals surface area (Å²) in [4.78, 5) is 0. The highest BCUT2D eigenvalue weighted by atomic mass is 28.5. The molecule has 0 bridgehead atoms. The Hall–Kier alpha value is 0.488. The molecule has 0 unspecified atom stereocenters. The van der Waals surface area contributed by atoms with Gasteiger partial charge in [0.05, 0.1) is 0 Å². The zero-order valence-corrected chi connectivity index (χ0v) is 24.6. The minimum absolute atomic E-state index is 0.991. The van der Waals surface area contributed by atoms with Crippen LogP contribution in [0.5, 0.6) is 0 Å². The van der Waals surface area contributed by atoms with Crippen LogP contribution in [0.4, 0.5) is 0 Å². The van der Waals surface area contributed by atoms with Crippen molar-refractivity contribution in [3.8, 4) is 0 Å². The fourth-order valence-electron chi connectivity index (χ4n) is 3.31. The molecule has 0 atom stereocenters. The van der Waals surface area contributed by atoms with Gasteiger partial charge in [0.1, 0.15) is 0 Å². The Morgan fingerprint density at radius 2 is 0.857 bits per heavy atom. The topological polar surface area (TPSA) is 27.7 Å². The first-order valence-electron chi connectivity index (χ1n) is 11.4. The molecule has 0 heterocycles. The third kappa shape index (κ3) is 17.4. The summed E-state index contributed by atoms with van der Waals surface area (Å²) in [6.07, 6.45) is 13.7. The van der Waals surface area contributed by atoms with Crippen molar-refractivity contribution in [1.82, 2.24) is 0 Å². The average Bonchev–Trinajstić information content (AvgIpc) is 2.43. The van der Waals surface area contributed by atoms with Crippen LogP contribution in [0.1, 0.15) is 57.8 Å². The van der Waals surface area contributed by atoms with Crippen LogP contribution in [-0.4, -0.2) is 33.8 Å². The Kier molecular flexibility index (Phi) is 13.2. The van der Waals surface area contributed by atoms with Crippen LogP contribution in [0.2, 0.25) is 65.0 Å². The highest BCUT2D eigenvalue weighted by Crippen LogP contribution is 2.30. The monoisotopic (exact) mass is 462 g/mol. The summed E-state index contributed by atoms with van der Waals surface area (Å²) >= 11 is 0. The van der Waals surface area contributed by atoms with Crippen LogP contribution < -0.4 is 0 Å². The van der Waals surface area contributed by atoms with Gasteiger partial charge in [-0.3, -0.25) is 0 Å². The molecule has 168 valence electrons. The van der Waals surface area contributed by atoms with Crippen LogP contribution in [-0.2, 0) is 12.3 Å². The second-order valence-electron chi connectivity index (χ2n) is 11.0. The minimum atomic E-state index is -2.62. The smallest absolute Gasteiger partial charge is 0.417 e. The lowest BCUT2D eigenvalue weighted by atomic mass is 10.1. The highest BCUT2D eigenvalue weighted by molar-refractivity contribution is 6.90. The molecule has 0 aromatic carbocycles. The summed E-state index contributed by atoms with van der Waals surface area (Å²) in [6, 6.07) is 0.991. The van der Waals surface area contributed by atoms with Crippen molar-refractivity contribution in [1.29, 1.82) is 0 Å². The number of rotatable bonds is 17. The summed E-state index contributed by atoms with van der Waals surface area (Å²) in [7, 11) is -7.84. The van der Waals surface area contributed by atoms with Crippen LogP contribution in [0.3, 0.4) is 0 Å². The van der Waals surface area contributed by atoms with Gasteiger partial charge in [-0.25, -0.2) is 0 Å². The van der Waals surface area contributed by atoms with E-state index in [0.29, 0.717) is 0 Å². The predicted molar refractivity (Wildman–Crippen MR) is 136 cm³/mol. The Bertz CT molecular complexity index is 382. The number of allylic oxidation sites excluding steroid dienone is 1. The Morgan fingerprint density at radius 3 is 1.18 bits per heavy atom. The van der Waals surface area contributed by atoms with Crippen molar-refractivity contribution in [2.75, 3.05) is 0 Å². The van der Waals surface area contributed by atoms with E-state index in [9.17, 15) is 0 Å². The zero-order chi connectivity index (χ0) is 21.9. The molecule has 28 heavy (non-hydrogen) atoms. The van der Waals surface area contributed by atoms with Crippen molar-refractivity contribution in [3.05, 3.63) is 12.7 Å². The first kappa shape index (κ1) is 28.5. The average molecular weight is 463 g/mol. The molecule has 0 radical (unpaired) electrons. The van der Waals surface area contributed by atoms with E-state index in [1.165, 1.54) is 51.4 Å². The first-order valence-corrected chi connectivity index (χ1v) is 23.6. The van der Waals surface area contributed by atoms with Gasteiger partial charge in [0.15, 0.2) is 25.0 Å². The van der Waals surface area contributed by atoms with Crippen molar-refractivity contribution >= 4 is 33.8 Å². The van der Waals surface area contributed by atoms with Gasteiger partial charge >= 0.3 is 8.80 Å². The lowest BCUT2D eigenvalue weighted by Gasteiger charge is -2.43. The quantitative estimate of drug-likeness (QED) is 0.124. The van der Waals surface area contributed by atoms with Gasteiger partial charge in [0, 0.05) is 6.04 Å². The normalized spacial score (nSPS) is 13.8. The van der Waals surface area contributed by atoms with Gasteiger partial charge in [-0.15, -0.1) is 6.58 Å². The number of hydrogen-bond donors (Lipinski definition) is 0. The molecule has 0 saturated heterocycles. The van der Waals surface area contributed by atoms with Crippen molar-refractivity contribution in [2.45, 2.75) is 123 Å². The lowest BCUT2D eigenvalue weighted by molar-refractivity contribution is 0.250. The predicted octanol–water partition coefficient (Wildman–Crippen LogP) is 8.18.